The number of hydrogen-bond donors (Lipinski definition) is 0. The number of rotatable bonds is 6. The summed E-state index contributed by atoms with van der Waals surface area (Å²) >= 11 is 0. The van der Waals surface area contributed by atoms with Crippen LogP contribution >= 0.6 is 0 Å². The summed E-state index contributed by atoms with van der Waals surface area (Å²) in [4.78, 5) is 0. The molecule has 0 atom stereocenters. The summed E-state index contributed by atoms with van der Waals surface area (Å²) in [6, 6.07) is 27.3. The molecule has 0 bridgehead atoms. The van der Waals surface area contributed by atoms with Crippen LogP contribution in [0.1, 0.15) is 5.56 Å². The predicted octanol–water partition coefficient (Wildman–Crippen LogP) is 4.03. The third-order valence-electron chi connectivity index (χ3n) is 3.72. The van der Waals surface area contributed by atoms with Crippen LogP contribution < -0.4 is 9.47 Å². The van der Waals surface area contributed by atoms with Crippen molar-refractivity contribution < 1.29 is 9.47 Å². The van der Waals surface area contributed by atoms with Gasteiger partial charge in [0.2, 0.25) is 0 Å². The second-order valence-electron chi connectivity index (χ2n) is 5.56. The van der Waals surface area contributed by atoms with Gasteiger partial charge in [0.1, 0.15) is 18.1 Å². The normalized spacial score (nSPS) is 10.5. The van der Waals surface area contributed by atoms with Gasteiger partial charge in [-0.3, -0.25) is 0 Å². The first kappa shape index (κ1) is 15.8. The molecule has 0 N–H and O–H groups in total. The lowest BCUT2D eigenvalue weighted by atomic mass is 10.2. The van der Waals surface area contributed by atoms with Gasteiger partial charge in [-0.15, -0.1) is 0 Å². The lowest BCUT2D eigenvalue weighted by Gasteiger charge is -2.08. The molecule has 0 spiro atoms. The number of nitrogens with zero attached hydrogens (tertiary/aromatic N) is 4. The Morgan fingerprint density at radius 3 is 2.12 bits per heavy atom. The van der Waals surface area contributed by atoms with E-state index in [0.717, 1.165) is 17.0 Å². The van der Waals surface area contributed by atoms with Gasteiger partial charge in [-0.05, 0) is 52.4 Å². The molecular formula is C20H16N4O2. The van der Waals surface area contributed by atoms with E-state index in [9.17, 15) is 0 Å². The van der Waals surface area contributed by atoms with Crippen LogP contribution in [-0.2, 0) is 6.61 Å². The fourth-order valence-electron chi connectivity index (χ4n) is 2.42. The second-order valence-corrected chi connectivity index (χ2v) is 5.56. The van der Waals surface area contributed by atoms with Crippen LogP contribution in [0.4, 0.5) is 0 Å². The summed E-state index contributed by atoms with van der Waals surface area (Å²) in [5.41, 5.74) is 1.95. The van der Waals surface area contributed by atoms with E-state index in [1.54, 1.807) is 4.68 Å². The van der Waals surface area contributed by atoms with Gasteiger partial charge in [0.25, 0.3) is 0 Å². The van der Waals surface area contributed by atoms with E-state index >= 15 is 0 Å². The molecule has 0 aliphatic heterocycles. The fraction of sp³-hybridized carbons (Fsp3) is 0.0500. The van der Waals surface area contributed by atoms with Crippen molar-refractivity contribution in [3.63, 3.8) is 0 Å². The van der Waals surface area contributed by atoms with E-state index in [2.05, 4.69) is 15.5 Å². The number of para-hydroxylation sites is 1. The van der Waals surface area contributed by atoms with Crippen LogP contribution in [0.3, 0.4) is 0 Å². The lowest BCUT2D eigenvalue weighted by Crippen LogP contribution is -2.00. The van der Waals surface area contributed by atoms with Crippen molar-refractivity contribution in [3.8, 4) is 23.2 Å². The largest absolute Gasteiger partial charge is 0.489 e. The van der Waals surface area contributed by atoms with Gasteiger partial charge in [0.15, 0.2) is 0 Å². The maximum atomic E-state index is 5.79. The minimum atomic E-state index is 0.300. The maximum absolute atomic E-state index is 5.79. The van der Waals surface area contributed by atoms with Gasteiger partial charge in [-0.1, -0.05) is 53.6 Å². The Balaban J connectivity index is 1.43. The standard InChI is InChI=1S/C20H16N4O2/c1-3-7-16(8-4-1)15-25-18-11-13-19(14-12-18)26-20-21-22-23-24(20)17-9-5-2-6-10-17/h1-14H,15H2. The molecule has 26 heavy (non-hydrogen) atoms. The first-order chi connectivity index (χ1) is 12.9. The van der Waals surface area contributed by atoms with Crippen molar-refractivity contribution in [2.45, 2.75) is 6.61 Å². The topological polar surface area (TPSA) is 62.1 Å². The molecule has 1 heterocycles. The highest BCUT2D eigenvalue weighted by Crippen LogP contribution is 2.24. The average Bonchev–Trinajstić information content (AvgIpc) is 3.17. The van der Waals surface area contributed by atoms with Crippen molar-refractivity contribution in [2.24, 2.45) is 0 Å². The Bertz CT molecular complexity index is 954. The fourth-order valence-corrected chi connectivity index (χ4v) is 2.42. The Hall–Kier alpha value is -3.67. The molecule has 4 rings (SSSR count). The highest BCUT2D eigenvalue weighted by Gasteiger charge is 2.10. The molecule has 0 fully saturated rings. The van der Waals surface area contributed by atoms with Crippen LogP contribution in [0.2, 0.25) is 0 Å². The molecule has 4 aromatic rings. The molecule has 0 aliphatic carbocycles. The van der Waals surface area contributed by atoms with E-state index in [0.29, 0.717) is 18.4 Å². The van der Waals surface area contributed by atoms with Crippen molar-refractivity contribution in [1.82, 2.24) is 20.2 Å². The molecule has 3 aromatic carbocycles. The van der Waals surface area contributed by atoms with Gasteiger partial charge in [0, 0.05) is 0 Å². The van der Waals surface area contributed by atoms with E-state index in [-0.39, 0.29) is 0 Å². The summed E-state index contributed by atoms with van der Waals surface area (Å²) < 4.78 is 13.1. The summed E-state index contributed by atoms with van der Waals surface area (Å²) in [5, 5.41) is 11.6. The zero-order chi connectivity index (χ0) is 17.6. The minimum Gasteiger partial charge on any atom is -0.489 e. The number of ether oxygens (including phenoxy) is 2. The molecule has 0 saturated carbocycles. The van der Waals surface area contributed by atoms with Gasteiger partial charge in [0.05, 0.1) is 5.69 Å². The highest BCUT2D eigenvalue weighted by atomic mass is 16.5. The molecule has 6 nitrogen and oxygen atoms in total. The van der Waals surface area contributed by atoms with Crippen LogP contribution in [0.15, 0.2) is 84.9 Å². The SMILES string of the molecule is c1ccc(COc2ccc(Oc3nnnn3-c3ccccc3)cc2)cc1. The Kier molecular flexibility index (Phi) is 4.56. The first-order valence-electron chi connectivity index (χ1n) is 8.17. The molecule has 0 aliphatic rings. The number of tetrazole rings is 1. The van der Waals surface area contributed by atoms with Crippen LogP contribution in [0.25, 0.3) is 5.69 Å². The summed E-state index contributed by atoms with van der Waals surface area (Å²) in [7, 11) is 0. The number of aromatic nitrogens is 4. The van der Waals surface area contributed by atoms with Crippen LogP contribution in [0, 0.1) is 0 Å². The van der Waals surface area contributed by atoms with E-state index in [1.807, 2.05) is 84.9 Å². The van der Waals surface area contributed by atoms with Gasteiger partial charge in [-0.25, -0.2) is 0 Å². The lowest BCUT2D eigenvalue weighted by molar-refractivity contribution is 0.305. The monoisotopic (exact) mass is 344 g/mol. The molecular weight excluding hydrogens is 328 g/mol. The average molecular weight is 344 g/mol. The Morgan fingerprint density at radius 1 is 0.731 bits per heavy atom. The minimum absolute atomic E-state index is 0.300. The van der Waals surface area contributed by atoms with E-state index in [4.69, 9.17) is 9.47 Å². The van der Waals surface area contributed by atoms with Gasteiger partial charge >= 0.3 is 6.01 Å². The quantitative estimate of drug-likeness (QED) is 0.528. The smallest absolute Gasteiger partial charge is 0.345 e. The van der Waals surface area contributed by atoms with E-state index < -0.39 is 0 Å². The summed E-state index contributed by atoms with van der Waals surface area (Å²) in [5.74, 6) is 1.40. The van der Waals surface area contributed by atoms with Crippen LogP contribution in [-0.4, -0.2) is 20.2 Å². The molecule has 0 saturated heterocycles. The molecule has 0 unspecified atom stereocenters. The number of benzene rings is 3. The Morgan fingerprint density at radius 2 is 1.38 bits per heavy atom. The van der Waals surface area contributed by atoms with Crippen LogP contribution in [0.5, 0.6) is 17.5 Å². The van der Waals surface area contributed by atoms with Crippen molar-refractivity contribution in [2.75, 3.05) is 0 Å². The van der Waals surface area contributed by atoms with Crippen molar-refractivity contribution in [1.29, 1.82) is 0 Å². The molecule has 0 amide bonds. The molecule has 0 radical (unpaired) electrons. The third-order valence-corrected chi connectivity index (χ3v) is 3.72. The first-order valence-corrected chi connectivity index (χ1v) is 8.17. The summed E-state index contributed by atoms with van der Waals surface area (Å²) in [6.45, 7) is 0.521. The number of hydrogen-bond acceptors (Lipinski definition) is 5. The van der Waals surface area contributed by atoms with Gasteiger partial charge in [-0.2, -0.15) is 4.68 Å². The zero-order valence-electron chi connectivity index (χ0n) is 13.9. The second kappa shape index (κ2) is 7.48. The molecule has 6 heteroatoms. The zero-order valence-corrected chi connectivity index (χ0v) is 13.9. The van der Waals surface area contributed by atoms with Crippen molar-refractivity contribution in [3.05, 3.63) is 90.5 Å². The molecule has 1 aromatic heterocycles. The van der Waals surface area contributed by atoms with E-state index in [1.165, 1.54) is 0 Å². The Labute approximate surface area is 150 Å². The van der Waals surface area contributed by atoms with Gasteiger partial charge < -0.3 is 9.47 Å². The van der Waals surface area contributed by atoms with Crippen molar-refractivity contribution >= 4 is 0 Å². The highest BCUT2D eigenvalue weighted by molar-refractivity contribution is 5.35. The predicted molar refractivity (Wildman–Crippen MR) is 96.4 cm³/mol. The third kappa shape index (κ3) is 3.70. The summed E-state index contributed by atoms with van der Waals surface area (Å²) in [6.07, 6.45) is 0. The molecule has 128 valence electrons. The maximum Gasteiger partial charge on any atom is 0.345 e.